The lowest BCUT2D eigenvalue weighted by atomic mass is 10.3. The molecule has 0 aliphatic heterocycles. The van der Waals surface area contributed by atoms with E-state index in [1.807, 2.05) is 6.92 Å². The van der Waals surface area contributed by atoms with Crippen LogP contribution < -0.4 is 5.32 Å². The van der Waals surface area contributed by atoms with Crippen LogP contribution in [0.2, 0.25) is 0 Å². The number of rotatable bonds is 7. The zero-order valence-corrected chi connectivity index (χ0v) is 10.9. The first-order valence-electron chi connectivity index (χ1n) is 5.58. The second-order valence-corrected chi connectivity index (χ2v) is 4.88. The number of hydrogen-bond donors (Lipinski definition) is 2. The lowest BCUT2D eigenvalue weighted by Gasteiger charge is -2.23. The van der Waals surface area contributed by atoms with Crippen LogP contribution in [0, 0.1) is 0 Å². The van der Waals surface area contributed by atoms with Crippen molar-refractivity contribution in [2.45, 2.75) is 33.4 Å². The molecule has 5 nitrogen and oxygen atoms in total. The summed E-state index contributed by atoms with van der Waals surface area (Å²) in [5.74, 6) is 0. The van der Waals surface area contributed by atoms with Gasteiger partial charge in [0.15, 0.2) is 0 Å². The molecule has 0 unspecified atom stereocenters. The van der Waals surface area contributed by atoms with Crippen molar-refractivity contribution in [2.24, 2.45) is 0 Å². The zero-order chi connectivity index (χ0) is 12.0. The molecule has 0 atom stereocenters. The third-order valence-corrected chi connectivity index (χ3v) is 3.12. The molecular weight excluding hydrogens is 224 g/mol. The maximum atomic E-state index is 8.97. The molecule has 0 amide bonds. The molecule has 0 spiro atoms. The van der Waals surface area contributed by atoms with Gasteiger partial charge in [0, 0.05) is 19.1 Å². The Kier molecular flexibility index (Phi) is 5.65. The number of aromatic nitrogens is 2. The summed E-state index contributed by atoms with van der Waals surface area (Å²) in [4.78, 5) is 2.18. The average Bonchev–Trinajstić information content (AvgIpc) is 2.65. The average molecular weight is 244 g/mol. The van der Waals surface area contributed by atoms with Crippen LogP contribution in [0.5, 0.6) is 0 Å². The summed E-state index contributed by atoms with van der Waals surface area (Å²) in [7, 11) is 0. The predicted octanol–water partition coefficient (Wildman–Crippen LogP) is 1.17. The molecule has 0 aliphatic rings. The second-order valence-electron chi connectivity index (χ2n) is 3.82. The quantitative estimate of drug-likeness (QED) is 0.754. The van der Waals surface area contributed by atoms with Gasteiger partial charge in [-0.05, 0) is 20.8 Å². The van der Waals surface area contributed by atoms with Gasteiger partial charge in [-0.15, -0.1) is 10.2 Å². The van der Waals surface area contributed by atoms with Crippen LogP contribution in [0.25, 0.3) is 0 Å². The minimum absolute atomic E-state index is 0.178. The summed E-state index contributed by atoms with van der Waals surface area (Å²) in [6.07, 6.45) is 0. The molecule has 0 aliphatic carbocycles. The van der Waals surface area contributed by atoms with E-state index < -0.39 is 0 Å². The summed E-state index contributed by atoms with van der Waals surface area (Å²) in [6.45, 7) is 8.72. The number of nitrogens with one attached hydrogen (secondary N) is 1. The van der Waals surface area contributed by atoms with Crippen LogP contribution in [-0.4, -0.2) is 45.9 Å². The van der Waals surface area contributed by atoms with Gasteiger partial charge in [-0.1, -0.05) is 11.3 Å². The van der Waals surface area contributed by atoms with Crippen LogP contribution in [0.1, 0.15) is 25.8 Å². The normalized spacial score (nSPS) is 11.4. The second kappa shape index (κ2) is 6.78. The fourth-order valence-corrected chi connectivity index (χ4v) is 2.20. The van der Waals surface area contributed by atoms with Crippen molar-refractivity contribution in [3.05, 3.63) is 5.01 Å². The summed E-state index contributed by atoms with van der Waals surface area (Å²) in [5.41, 5.74) is 0. The van der Waals surface area contributed by atoms with E-state index in [2.05, 4.69) is 34.3 Å². The van der Waals surface area contributed by atoms with Gasteiger partial charge >= 0.3 is 0 Å². The number of aliphatic hydroxyl groups is 1. The molecule has 1 aromatic heterocycles. The first kappa shape index (κ1) is 13.3. The molecular formula is C10H20N4OS. The molecule has 0 saturated heterocycles. The lowest BCUT2D eigenvalue weighted by Crippen LogP contribution is -2.32. The highest BCUT2D eigenvalue weighted by molar-refractivity contribution is 7.15. The van der Waals surface area contributed by atoms with Gasteiger partial charge < -0.3 is 10.4 Å². The third kappa shape index (κ3) is 4.03. The molecule has 1 aromatic rings. The lowest BCUT2D eigenvalue weighted by molar-refractivity contribution is 0.159. The standard InChI is InChI=1S/C10H20N4OS/c1-4-11-10-13-12-9(16-10)7-14(5-6-15)8(2)3/h8,15H,4-7H2,1-3H3,(H,11,13). The Bertz CT molecular complexity index is 303. The summed E-state index contributed by atoms with van der Waals surface area (Å²) in [5, 5.41) is 22.1. The van der Waals surface area contributed by atoms with E-state index in [9.17, 15) is 0 Å². The number of hydrogen-bond acceptors (Lipinski definition) is 6. The number of anilines is 1. The van der Waals surface area contributed by atoms with Crippen molar-refractivity contribution < 1.29 is 5.11 Å². The number of aliphatic hydroxyl groups excluding tert-OH is 1. The minimum Gasteiger partial charge on any atom is -0.395 e. The van der Waals surface area contributed by atoms with E-state index in [1.54, 1.807) is 11.3 Å². The molecule has 0 saturated carbocycles. The summed E-state index contributed by atoms with van der Waals surface area (Å²) < 4.78 is 0. The van der Waals surface area contributed by atoms with Crippen molar-refractivity contribution in [3.63, 3.8) is 0 Å². The Hall–Kier alpha value is -0.720. The summed E-state index contributed by atoms with van der Waals surface area (Å²) in [6, 6.07) is 0.402. The van der Waals surface area contributed by atoms with Crippen LogP contribution in [0.15, 0.2) is 0 Å². The number of nitrogens with zero attached hydrogens (tertiary/aromatic N) is 3. The van der Waals surface area contributed by atoms with Gasteiger partial charge in [-0.3, -0.25) is 4.90 Å². The van der Waals surface area contributed by atoms with Gasteiger partial charge in [-0.25, -0.2) is 0 Å². The molecule has 2 N–H and O–H groups in total. The van der Waals surface area contributed by atoms with E-state index >= 15 is 0 Å². The predicted molar refractivity (Wildman–Crippen MR) is 66.7 cm³/mol. The molecule has 16 heavy (non-hydrogen) atoms. The van der Waals surface area contributed by atoms with E-state index in [1.165, 1.54) is 0 Å². The highest BCUT2D eigenvalue weighted by Crippen LogP contribution is 2.17. The Balaban J connectivity index is 2.55. The SMILES string of the molecule is CCNc1nnc(CN(CCO)C(C)C)s1. The minimum atomic E-state index is 0.178. The fourth-order valence-electron chi connectivity index (χ4n) is 1.36. The molecule has 1 rings (SSSR count). The maximum absolute atomic E-state index is 8.97. The molecule has 0 bridgehead atoms. The Morgan fingerprint density at radius 3 is 2.75 bits per heavy atom. The largest absolute Gasteiger partial charge is 0.395 e. The first-order chi connectivity index (χ1) is 7.67. The van der Waals surface area contributed by atoms with Crippen molar-refractivity contribution in [1.82, 2.24) is 15.1 Å². The van der Waals surface area contributed by atoms with Gasteiger partial charge in [0.05, 0.1) is 13.2 Å². The highest BCUT2D eigenvalue weighted by atomic mass is 32.1. The molecule has 1 heterocycles. The van der Waals surface area contributed by atoms with Gasteiger partial charge in [0.25, 0.3) is 0 Å². The zero-order valence-electron chi connectivity index (χ0n) is 10.1. The van der Waals surface area contributed by atoms with Crippen molar-refractivity contribution in [1.29, 1.82) is 0 Å². The highest BCUT2D eigenvalue weighted by Gasteiger charge is 2.12. The Morgan fingerprint density at radius 1 is 1.44 bits per heavy atom. The topological polar surface area (TPSA) is 61.3 Å². The summed E-state index contributed by atoms with van der Waals surface area (Å²) >= 11 is 1.57. The van der Waals surface area contributed by atoms with Crippen LogP contribution in [0.3, 0.4) is 0 Å². The first-order valence-corrected chi connectivity index (χ1v) is 6.40. The van der Waals surface area contributed by atoms with Crippen molar-refractivity contribution in [3.8, 4) is 0 Å². The van der Waals surface area contributed by atoms with Crippen molar-refractivity contribution >= 4 is 16.5 Å². The van der Waals surface area contributed by atoms with Gasteiger partial charge in [-0.2, -0.15) is 0 Å². The van der Waals surface area contributed by atoms with Crippen LogP contribution >= 0.6 is 11.3 Å². The Morgan fingerprint density at radius 2 is 2.19 bits per heavy atom. The maximum Gasteiger partial charge on any atom is 0.205 e. The molecule has 92 valence electrons. The van der Waals surface area contributed by atoms with Crippen LogP contribution in [0.4, 0.5) is 5.13 Å². The van der Waals surface area contributed by atoms with Crippen molar-refractivity contribution in [2.75, 3.05) is 25.0 Å². The van der Waals surface area contributed by atoms with E-state index in [-0.39, 0.29) is 6.61 Å². The molecule has 0 aromatic carbocycles. The fraction of sp³-hybridized carbons (Fsp3) is 0.800. The van der Waals surface area contributed by atoms with E-state index in [4.69, 9.17) is 5.11 Å². The van der Waals surface area contributed by atoms with Gasteiger partial charge in [0.1, 0.15) is 5.01 Å². The molecule has 6 heteroatoms. The smallest absolute Gasteiger partial charge is 0.205 e. The van der Waals surface area contributed by atoms with Gasteiger partial charge in [0.2, 0.25) is 5.13 Å². The third-order valence-electron chi connectivity index (χ3n) is 2.25. The monoisotopic (exact) mass is 244 g/mol. The Labute approximate surface area is 101 Å². The van der Waals surface area contributed by atoms with E-state index in [0.29, 0.717) is 12.6 Å². The molecule has 0 fully saturated rings. The van der Waals surface area contributed by atoms with E-state index in [0.717, 1.165) is 23.2 Å². The molecule has 0 radical (unpaired) electrons. The van der Waals surface area contributed by atoms with Crippen LogP contribution in [-0.2, 0) is 6.54 Å².